The molecule has 11 heteroatoms. The number of benzene rings is 8. The van der Waals surface area contributed by atoms with Crippen LogP contribution >= 0.6 is 11.6 Å². The number of aryl methyl sites for hydroxylation is 4. The highest BCUT2D eigenvalue weighted by atomic mass is 35.5. The molecule has 0 unspecified atom stereocenters. The van der Waals surface area contributed by atoms with E-state index in [0.717, 1.165) is 117 Å². The molecule has 434 valence electrons. The molecule has 10 nitrogen and oxygen atoms in total. The number of alkyl halides is 1. The van der Waals surface area contributed by atoms with E-state index in [4.69, 9.17) is 49.5 Å². The van der Waals surface area contributed by atoms with Gasteiger partial charge in [-0.15, -0.1) is 11.6 Å². The Morgan fingerprint density at radius 2 is 0.771 bits per heavy atom. The fourth-order valence-corrected chi connectivity index (χ4v) is 9.42. The zero-order chi connectivity index (χ0) is 58.8. The molecule has 0 atom stereocenters. The topological polar surface area (TPSA) is 108 Å². The third-order valence-corrected chi connectivity index (χ3v) is 14.0. The summed E-state index contributed by atoms with van der Waals surface area (Å²) < 4.78 is 49.6. The first-order valence-corrected chi connectivity index (χ1v) is 29.6. The molecule has 8 aromatic rings. The number of hydrogen-bond acceptors (Lipinski definition) is 10. The molecule has 0 saturated carbocycles. The summed E-state index contributed by atoms with van der Waals surface area (Å²) in [5, 5.41) is 0. The first-order valence-electron chi connectivity index (χ1n) is 29.0. The second-order valence-electron chi connectivity index (χ2n) is 20.1. The van der Waals surface area contributed by atoms with Gasteiger partial charge in [-0.3, -0.25) is 9.59 Å². The van der Waals surface area contributed by atoms with E-state index in [1.807, 2.05) is 191 Å². The summed E-state index contributed by atoms with van der Waals surface area (Å²) >= 11 is 5.91. The Kier molecular flexibility index (Phi) is 24.8. The van der Waals surface area contributed by atoms with Gasteiger partial charge in [0.2, 0.25) is 0 Å². The molecule has 8 rings (SSSR count). The van der Waals surface area contributed by atoms with Gasteiger partial charge >= 0.3 is 0 Å². The second-order valence-corrected chi connectivity index (χ2v) is 20.3. The third kappa shape index (κ3) is 18.4. The Bertz CT molecular complexity index is 3320. The van der Waals surface area contributed by atoms with Gasteiger partial charge in [-0.05, 0) is 128 Å². The van der Waals surface area contributed by atoms with Crippen molar-refractivity contribution in [3.05, 3.63) is 225 Å². The molecule has 0 aliphatic rings. The van der Waals surface area contributed by atoms with Crippen molar-refractivity contribution >= 4 is 23.2 Å². The molecule has 0 spiro atoms. The molecular formula is C72H79ClO10. The lowest BCUT2D eigenvalue weighted by atomic mass is 10.0. The van der Waals surface area contributed by atoms with Crippen LogP contribution in [-0.2, 0) is 38.9 Å². The lowest BCUT2D eigenvalue weighted by Crippen LogP contribution is -2.10. The molecule has 8 aromatic carbocycles. The molecular weight excluding hydrogens is 1060 g/mol. The first kappa shape index (κ1) is 62.4. The quantitative estimate of drug-likeness (QED) is 0.0237. The SMILES string of the molecule is CCCc1c(OCCCOc2cc(OCc3ccccc3)c(C(=O)CCl)cc2CC)cccc1Oc1ccccc1C.CCCc1c(OCCCOc2cc(OCc3ccccc3)c(C(C)=O)cc2CC)cccc1Oc1ccccc1C. The average Bonchev–Trinajstić information content (AvgIpc) is 3.67. The largest absolute Gasteiger partial charge is 0.493 e. The predicted octanol–water partition coefficient (Wildman–Crippen LogP) is 18.1. The van der Waals surface area contributed by atoms with Gasteiger partial charge in [0.15, 0.2) is 11.6 Å². The van der Waals surface area contributed by atoms with E-state index >= 15 is 0 Å². The maximum Gasteiger partial charge on any atom is 0.181 e. The summed E-state index contributed by atoms with van der Waals surface area (Å²) in [4.78, 5) is 25.0. The van der Waals surface area contributed by atoms with Crippen LogP contribution in [0.2, 0.25) is 0 Å². The van der Waals surface area contributed by atoms with Crippen LogP contribution in [0.15, 0.2) is 170 Å². The molecule has 0 saturated heterocycles. The third-order valence-electron chi connectivity index (χ3n) is 13.8. The number of ketones is 2. The van der Waals surface area contributed by atoms with Gasteiger partial charge in [0.25, 0.3) is 0 Å². The fraction of sp³-hybridized carbons (Fsp3) is 0.306. The Labute approximate surface area is 496 Å². The van der Waals surface area contributed by atoms with Crippen molar-refractivity contribution in [2.45, 2.75) is 113 Å². The summed E-state index contributed by atoms with van der Waals surface area (Å²) in [6.45, 7) is 16.7. The predicted molar refractivity (Wildman–Crippen MR) is 333 cm³/mol. The van der Waals surface area contributed by atoms with Crippen molar-refractivity contribution in [2.75, 3.05) is 32.3 Å². The zero-order valence-electron chi connectivity index (χ0n) is 49.2. The van der Waals surface area contributed by atoms with E-state index in [0.29, 0.717) is 87.3 Å². The highest BCUT2D eigenvalue weighted by molar-refractivity contribution is 6.30. The Hall–Kier alpha value is -8.21. The van der Waals surface area contributed by atoms with E-state index in [9.17, 15) is 9.59 Å². The molecule has 0 aliphatic heterocycles. The summed E-state index contributed by atoms with van der Waals surface area (Å²) in [5.74, 6) is 7.16. The van der Waals surface area contributed by atoms with Crippen molar-refractivity contribution < 1.29 is 47.5 Å². The highest BCUT2D eigenvalue weighted by Crippen LogP contribution is 2.37. The number of carbonyl (C=O) groups is 2. The minimum Gasteiger partial charge on any atom is -0.493 e. The highest BCUT2D eigenvalue weighted by Gasteiger charge is 2.20. The van der Waals surface area contributed by atoms with Crippen LogP contribution in [0.4, 0.5) is 0 Å². The Morgan fingerprint density at radius 3 is 1.17 bits per heavy atom. The number of ether oxygens (including phenoxy) is 8. The molecule has 83 heavy (non-hydrogen) atoms. The van der Waals surface area contributed by atoms with Crippen LogP contribution < -0.4 is 37.9 Å². The molecule has 0 radical (unpaired) electrons. The van der Waals surface area contributed by atoms with E-state index in [2.05, 4.69) is 20.8 Å². The van der Waals surface area contributed by atoms with Crippen molar-refractivity contribution in [1.29, 1.82) is 0 Å². The number of para-hydroxylation sites is 2. The number of hydrogen-bond donors (Lipinski definition) is 0. The summed E-state index contributed by atoms with van der Waals surface area (Å²) in [6, 6.07) is 55.1. The van der Waals surface area contributed by atoms with Crippen molar-refractivity contribution in [3.63, 3.8) is 0 Å². The normalized spacial score (nSPS) is 10.7. The van der Waals surface area contributed by atoms with Crippen molar-refractivity contribution in [3.8, 4) is 57.5 Å². The molecule has 0 amide bonds. The molecule has 0 aromatic heterocycles. The van der Waals surface area contributed by atoms with Crippen LogP contribution in [0.5, 0.6) is 57.5 Å². The number of Topliss-reactive ketones (excluding diaryl/α,β-unsaturated/α-hetero) is 2. The number of carbonyl (C=O) groups excluding carboxylic acids is 2. The zero-order valence-corrected chi connectivity index (χ0v) is 50.0. The van der Waals surface area contributed by atoms with E-state index in [1.165, 1.54) is 0 Å². The molecule has 0 bridgehead atoms. The smallest absolute Gasteiger partial charge is 0.181 e. The monoisotopic (exact) mass is 1140 g/mol. The minimum atomic E-state index is -0.175. The van der Waals surface area contributed by atoms with E-state index < -0.39 is 0 Å². The molecule has 0 N–H and O–H groups in total. The van der Waals surface area contributed by atoms with Gasteiger partial charge in [0, 0.05) is 36.1 Å². The fourth-order valence-electron chi connectivity index (χ4n) is 9.28. The van der Waals surface area contributed by atoms with Gasteiger partial charge < -0.3 is 37.9 Å². The summed E-state index contributed by atoms with van der Waals surface area (Å²) in [5.41, 5.74) is 9.34. The molecule has 0 aliphatic carbocycles. The van der Waals surface area contributed by atoms with Gasteiger partial charge in [-0.1, -0.05) is 150 Å². The maximum absolute atomic E-state index is 12.6. The van der Waals surface area contributed by atoms with Gasteiger partial charge in [0.05, 0.1) is 43.4 Å². The van der Waals surface area contributed by atoms with Gasteiger partial charge in [0.1, 0.15) is 70.7 Å². The molecule has 0 fully saturated rings. The van der Waals surface area contributed by atoms with Gasteiger partial charge in [-0.2, -0.15) is 0 Å². The van der Waals surface area contributed by atoms with Crippen molar-refractivity contribution in [2.24, 2.45) is 0 Å². The van der Waals surface area contributed by atoms with Gasteiger partial charge in [-0.25, -0.2) is 0 Å². The summed E-state index contributed by atoms with van der Waals surface area (Å²) in [7, 11) is 0. The number of rotatable bonds is 31. The lowest BCUT2D eigenvalue weighted by Gasteiger charge is -2.18. The van der Waals surface area contributed by atoms with Crippen LogP contribution in [0, 0.1) is 13.8 Å². The van der Waals surface area contributed by atoms with Crippen LogP contribution in [0.1, 0.15) is 126 Å². The Morgan fingerprint density at radius 1 is 0.398 bits per heavy atom. The van der Waals surface area contributed by atoms with Crippen molar-refractivity contribution in [1.82, 2.24) is 0 Å². The standard InChI is InChI=1S/C36H39ClO5.C36H40O5/c1-4-13-29-33(18-11-19-34(29)42-32-17-10-9-14-26(32)3)39-20-12-21-40-35-23-36(41-25-27-15-7-6-8-16-27)30(31(38)24-37)22-28(35)5-2;1-5-14-30-33(19-12-20-34(30)41-32-18-11-10-15-26(32)3)38-21-13-22-39-35-24-36(31(27(4)37)23-29(35)6-2)40-25-28-16-8-7-9-17-28/h6-11,14-19,22-23H,4-5,12-13,20-21,24-25H2,1-3H3;7-12,15-20,23-24H,5-6,13-14,21-22,25H2,1-4H3. The van der Waals surface area contributed by atoms with Crippen LogP contribution in [0.25, 0.3) is 0 Å². The summed E-state index contributed by atoms with van der Waals surface area (Å²) in [6.07, 6.45) is 6.52. The average molecular weight is 1140 g/mol. The molecule has 0 heterocycles. The maximum atomic E-state index is 12.6. The lowest BCUT2D eigenvalue weighted by molar-refractivity contribution is 0.100. The number of halogens is 1. The minimum absolute atomic E-state index is 0.0285. The second kappa shape index (κ2) is 33.0. The van der Waals surface area contributed by atoms with Crippen LogP contribution in [0.3, 0.4) is 0 Å². The van der Waals surface area contributed by atoms with E-state index in [1.54, 1.807) is 6.92 Å². The van der Waals surface area contributed by atoms with E-state index in [-0.39, 0.29) is 17.4 Å². The van der Waals surface area contributed by atoms with Crippen LogP contribution in [-0.4, -0.2) is 43.9 Å². The first-order chi connectivity index (χ1) is 40.5. The Balaban J connectivity index is 0.000000239.